The molecule has 0 bridgehead atoms. The van der Waals surface area contributed by atoms with Crippen LogP contribution in [0.1, 0.15) is 52.9 Å². The highest BCUT2D eigenvalue weighted by Crippen LogP contribution is 2.24. The monoisotopic (exact) mass is 284 g/mol. The summed E-state index contributed by atoms with van der Waals surface area (Å²) in [6, 6.07) is 0.756. The fourth-order valence-corrected chi connectivity index (χ4v) is 3.23. The lowest BCUT2D eigenvalue weighted by molar-refractivity contribution is -0.148. The van der Waals surface area contributed by atoms with E-state index in [1.807, 2.05) is 14.0 Å². The van der Waals surface area contributed by atoms with Gasteiger partial charge in [-0.05, 0) is 65.1 Å². The summed E-state index contributed by atoms with van der Waals surface area (Å²) < 4.78 is 4.87. The van der Waals surface area contributed by atoms with Crippen molar-refractivity contribution in [3.05, 3.63) is 0 Å². The number of hydrogen-bond acceptors (Lipinski definition) is 4. The number of carbonyl (C=O) groups excluding carboxylic acids is 1. The number of esters is 1. The van der Waals surface area contributed by atoms with E-state index in [2.05, 4.69) is 24.1 Å². The molecule has 0 saturated carbocycles. The van der Waals surface area contributed by atoms with E-state index < -0.39 is 5.54 Å². The first-order valence-electron chi connectivity index (χ1n) is 7.96. The lowest BCUT2D eigenvalue weighted by atomic mass is 9.95. The maximum absolute atomic E-state index is 11.8. The van der Waals surface area contributed by atoms with Crippen molar-refractivity contribution in [2.75, 3.05) is 27.2 Å². The standard InChI is InChI=1S/C16H32N2O2/c1-13(2)14-9-8-12-18(14)11-7-6-10-16(3,17-4)15(19)20-5/h13-14,17H,6-12H2,1-5H3. The molecule has 1 aliphatic rings. The molecule has 0 radical (unpaired) electrons. The number of likely N-dealkylation sites (tertiary alicyclic amines) is 1. The highest BCUT2D eigenvalue weighted by molar-refractivity contribution is 5.80. The number of nitrogens with one attached hydrogen (secondary N) is 1. The lowest BCUT2D eigenvalue weighted by Gasteiger charge is -2.29. The third kappa shape index (κ3) is 4.45. The second-order valence-electron chi connectivity index (χ2n) is 6.52. The molecule has 0 aliphatic carbocycles. The molecule has 20 heavy (non-hydrogen) atoms. The van der Waals surface area contributed by atoms with Crippen LogP contribution in [0.15, 0.2) is 0 Å². The summed E-state index contributed by atoms with van der Waals surface area (Å²) >= 11 is 0. The van der Waals surface area contributed by atoms with Crippen LogP contribution in [0.4, 0.5) is 0 Å². The molecule has 4 heteroatoms. The van der Waals surface area contributed by atoms with Crippen LogP contribution < -0.4 is 5.32 Å². The van der Waals surface area contributed by atoms with Gasteiger partial charge in [0.2, 0.25) is 0 Å². The van der Waals surface area contributed by atoms with E-state index >= 15 is 0 Å². The van der Waals surface area contributed by atoms with Crippen LogP contribution in [0, 0.1) is 5.92 Å². The van der Waals surface area contributed by atoms with E-state index in [0.29, 0.717) is 0 Å². The molecule has 1 heterocycles. The minimum Gasteiger partial charge on any atom is -0.468 e. The number of rotatable bonds is 8. The first-order chi connectivity index (χ1) is 9.44. The van der Waals surface area contributed by atoms with Crippen LogP contribution >= 0.6 is 0 Å². The van der Waals surface area contributed by atoms with Gasteiger partial charge in [0.25, 0.3) is 0 Å². The van der Waals surface area contributed by atoms with Crippen LogP contribution in [0.3, 0.4) is 0 Å². The predicted octanol–water partition coefficient (Wildman–Crippen LogP) is 2.43. The lowest BCUT2D eigenvalue weighted by Crippen LogP contribution is -2.48. The fraction of sp³-hybridized carbons (Fsp3) is 0.938. The largest absolute Gasteiger partial charge is 0.468 e. The Morgan fingerprint density at radius 3 is 2.70 bits per heavy atom. The fourth-order valence-electron chi connectivity index (χ4n) is 3.23. The van der Waals surface area contributed by atoms with Crippen molar-refractivity contribution in [2.45, 2.75) is 64.5 Å². The van der Waals surface area contributed by atoms with Gasteiger partial charge in [0.15, 0.2) is 0 Å². The molecule has 1 fully saturated rings. The average Bonchev–Trinajstić information content (AvgIpc) is 2.91. The summed E-state index contributed by atoms with van der Waals surface area (Å²) in [5.41, 5.74) is -0.544. The smallest absolute Gasteiger partial charge is 0.325 e. The Morgan fingerprint density at radius 2 is 2.15 bits per heavy atom. The highest BCUT2D eigenvalue weighted by Gasteiger charge is 2.32. The topological polar surface area (TPSA) is 41.6 Å². The highest BCUT2D eigenvalue weighted by atomic mass is 16.5. The molecule has 2 atom stereocenters. The van der Waals surface area contributed by atoms with Gasteiger partial charge in [-0.1, -0.05) is 13.8 Å². The first kappa shape index (κ1) is 17.4. The maximum atomic E-state index is 11.8. The zero-order valence-corrected chi connectivity index (χ0v) is 13.9. The molecule has 0 aromatic rings. The van der Waals surface area contributed by atoms with Gasteiger partial charge in [0.05, 0.1) is 7.11 Å². The zero-order valence-electron chi connectivity index (χ0n) is 13.9. The predicted molar refractivity (Wildman–Crippen MR) is 82.8 cm³/mol. The minimum atomic E-state index is -0.544. The van der Waals surface area contributed by atoms with Gasteiger partial charge in [0.1, 0.15) is 5.54 Å². The second-order valence-corrected chi connectivity index (χ2v) is 6.52. The van der Waals surface area contributed by atoms with Crippen LogP contribution in [0.5, 0.6) is 0 Å². The molecule has 0 spiro atoms. The number of likely N-dealkylation sites (N-methyl/N-ethyl adjacent to an activating group) is 1. The van der Waals surface area contributed by atoms with Gasteiger partial charge in [-0.25, -0.2) is 0 Å². The molecule has 2 unspecified atom stereocenters. The Labute approximate surface area is 124 Å². The van der Waals surface area contributed by atoms with E-state index in [-0.39, 0.29) is 5.97 Å². The van der Waals surface area contributed by atoms with Crippen LogP contribution in [-0.2, 0) is 9.53 Å². The molecule has 0 aromatic carbocycles. The van der Waals surface area contributed by atoms with Crippen molar-refractivity contribution in [3.63, 3.8) is 0 Å². The molecule has 1 saturated heterocycles. The second kappa shape index (κ2) is 7.99. The van der Waals surface area contributed by atoms with Crippen molar-refractivity contribution < 1.29 is 9.53 Å². The summed E-state index contributed by atoms with van der Waals surface area (Å²) in [4.78, 5) is 14.4. The van der Waals surface area contributed by atoms with Gasteiger partial charge >= 0.3 is 5.97 Å². The number of methoxy groups -OCH3 is 1. The quantitative estimate of drug-likeness (QED) is 0.549. The summed E-state index contributed by atoms with van der Waals surface area (Å²) in [5.74, 6) is 0.580. The minimum absolute atomic E-state index is 0.166. The van der Waals surface area contributed by atoms with Crippen molar-refractivity contribution in [2.24, 2.45) is 5.92 Å². The van der Waals surface area contributed by atoms with E-state index in [9.17, 15) is 4.79 Å². The molecule has 0 aromatic heterocycles. The third-order valence-electron chi connectivity index (χ3n) is 4.74. The van der Waals surface area contributed by atoms with Crippen molar-refractivity contribution >= 4 is 5.97 Å². The first-order valence-corrected chi connectivity index (χ1v) is 7.96. The van der Waals surface area contributed by atoms with Gasteiger partial charge in [-0.3, -0.25) is 4.79 Å². The number of carbonyl (C=O) groups is 1. The Hall–Kier alpha value is -0.610. The van der Waals surface area contributed by atoms with Crippen molar-refractivity contribution in [1.82, 2.24) is 10.2 Å². The van der Waals surface area contributed by atoms with Crippen LogP contribution in [0.25, 0.3) is 0 Å². The molecule has 118 valence electrons. The van der Waals surface area contributed by atoms with E-state index in [0.717, 1.165) is 37.8 Å². The third-order valence-corrected chi connectivity index (χ3v) is 4.74. The van der Waals surface area contributed by atoms with Crippen LogP contribution in [0.2, 0.25) is 0 Å². The molecule has 0 amide bonds. The molecule has 1 N–H and O–H groups in total. The maximum Gasteiger partial charge on any atom is 0.325 e. The number of nitrogens with zero attached hydrogens (tertiary/aromatic N) is 1. The molecule has 1 rings (SSSR count). The molecule has 4 nitrogen and oxygen atoms in total. The van der Waals surface area contributed by atoms with Gasteiger partial charge < -0.3 is 15.0 Å². The number of unbranched alkanes of at least 4 members (excludes halogenated alkanes) is 1. The SMILES string of the molecule is CNC(C)(CCCCN1CCCC1C(C)C)C(=O)OC. The Balaban J connectivity index is 2.32. The van der Waals surface area contributed by atoms with Crippen molar-refractivity contribution in [3.8, 4) is 0 Å². The Bertz CT molecular complexity index is 307. The average molecular weight is 284 g/mol. The van der Waals surface area contributed by atoms with Gasteiger partial charge in [0, 0.05) is 6.04 Å². The molecular formula is C16H32N2O2. The molecular weight excluding hydrogens is 252 g/mol. The van der Waals surface area contributed by atoms with Gasteiger partial charge in [-0.2, -0.15) is 0 Å². The van der Waals surface area contributed by atoms with E-state index in [4.69, 9.17) is 4.74 Å². The zero-order chi connectivity index (χ0) is 15.2. The van der Waals surface area contributed by atoms with E-state index in [1.54, 1.807) is 0 Å². The number of ether oxygens (including phenoxy) is 1. The van der Waals surface area contributed by atoms with E-state index in [1.165, 1.54) is 26.5 Å². The summed E-state index contributed by atoms with van der Waals surface area (Å²) in [6.07, 6.45) is 5.70. The summed E-state index contributed by atoms with van der Waals surface area (Å²) in [7, 11) is 3.28. The normalized spacial score (nSPS) is 23.0. The van der Waals surface area contributed by atoms with Gasteiger partial charge in [-0.15, -0.1) is 0 Å². The Kier molecular flexibility index (Phi) is 6.96. The van der Waals surface area contributed by atoms with Crippen LogP contribution in [-0.4, -0.2) is 49.7 Å². The number of hydrogen-bond donors (Lipinski definition) is 1. The summed E-state index contributed by atoms with van der Waals surface area (Å²) in [6.45, 7) is 8.95. The summed E-state index contributed by atoms with van der Waals surface area (Å²) in [5, 5.41) is 3.10. The Morgan fingerprint density at radius 1 is 1.45 bits per heavy atom. The molecule has 1 aliphatic heterocycles. The van der Waals surface area contributed by atoms with Crippen molar-refractivity contribution in [1.29, 1.82) is 0 Å².